The maximum absolute atomic E-state index is 10.7. The zero-order valence-electron chi connectivity index (χ0n) is 12.0. The summed E-state index contributed by atoms with van der Waals surface area (Å²) in [5.74, 6) is 0.289. The summed E-state index contributed by atoms with van der Waals surface area (Å²) in [6.45, 7) is 0. The number of nitrogens with zero attached hydrogens (tertiary/aromatic N) is 1. The van der Waals surface area contributed by atoms with Gasteiger partial charge < -0.3 is 15.1 Å². The highest BCUT2D eigenvalue weighted by Gasteiger charge is 2.33. The highest BCUT2D eigenvalue weighted by Crippen LogP contribution is 2.37. The average molecular weight is 263 g/mol. The van der Waals surface area contributed by atoms with Gasteiger partial charge >= 0.3 is 0 Å². The number of hydrogen-bond donors (Lipinski definition) is 2. The van der Waals surface area contributed by atoms with Gasteiger partial charge in [0.15, 0.2) is 0 Å². The third-order valence-electron chi connectivity index (χ3n) is 4.26. The largest absolute Gasteiger partial charge is 0.508 e. The first kappa shape index (κ1) is 14.4. The van der Waals surface area contributed by atoms with Crippen molar-refractivity contribution >= 4 is 0 Å². The van der Waals surface area contributed by atoms with Crippen LogP contribution < -0.4 is 0 Å². The molecule has 0 unspecified atom stereocenters. The van der Waals surface area contributed by atoms with Crippen molar-refractivity contribution < 1.29 is 10.2 Å². The molecule has 0 amide bonds. The van der Waals surface area contributed by atoms with Crippen LogP contribution in [0.5, 0.6) is 5.75 Å². The van der Waals surface area contributed by atoms with Gasteiger partial charge in [0.25, 0.3) is 0 Å². The summed E-state index contributed by atoms with van der Waals surface area (Å²) in [5, 5.41) is 20.1. The van der Waals surface area contributed by atoms with Crippen LogP contribution in [0.1, 0.15) is 50.1 Å². The van der Waals surface area contributed by atoms with Crippen molar-refractivity contribution in [1.29, 1.82) is 0 Å². The number of phenolic OH excluding ortho intramolecular Hbond substituents is 1. The Bertz CT molecular complexity index is 394. The summed E-state index contributed by atoms with van der Waals surface area (Å²) in [6.07, 6.45) is 6.10. The SMILES string of the molecule is CN(C)[C@H](CC1(O)CCCCC1)c1ccc(O)cc1. The van der Waals surface area contributed by atoms with E-state index < -0.39 is 5.60 Å². The van der Waals surface area contributed by atoms with Gasteiger partial charge in [-0.2, -0.15) is 0 Å². The Labute approximate surface area is 115 Å². The molecule has 0 saturated heterocycles. The van der Waals surface area contributed by atoms with Gasteiger partial charge in [-0.25, -0.2) is 0 Å². The summed E-state index contributed by atoms with van der Waals surface area (Å²) in [4.78, 5) is 2.15. The Hall–Kier alpha value is -1.06. The lowest BCUT2D eigenvalue weighted by Gasteiger charge is -2.37. The van der Waals surface area contributed by atoms with Crippen molar-refractivity contribution in [2.75, 3.05) is 14.1 Å². The molecule has 0 aromatic heterocycles. The quantitative estimate of drug-likeness (QED) is 0.877. The Kier molecular flexibility index (Phi) is 4.48. The molecule has 0 spiro atoms. The predicted octanol–water partition coefficient (Wildman–Crippen LogP) is 3.08. The molecular formula is C16H25NO2. The fraction of sp³-hybridized carbons (Fsp3) is 0.625. The van der Waals surface area contributed by atoms with E-state index in [0.717, 1.165) is 37.7 Å². The molecule has 1 aromatic rings. The topological polar surface area (TPSA) is 43.7 Å². The van der Waals surface area contributed by atoms with E-state index in [1.807, 2.05) is 26.2 Å². The molecule has 19 heavy (non-hydrogen) atoms. The number of aromatic hydroxyl groups is 1. The van der Waals surface area contributed by atoms with Gasteiger partial charge in [0.05, 0.1) is 5.60 Å². The van der Waals surface area contributed by atoms with E-state index in [-0.39, 0.29) is 11.8 Å². The molecule has 106 valence electrons. The van der Waals surface area contributed by atoms with E-state index in [2.05, 4.69) is 4.90 Å². The van der Waals surface area contributed by atoms with Crippen molar-refractivity contribution in [3.8, 4) is 5.75 Å². The number of aliphatic hydroxyl groups is 1. The minimum Gasteiger partial charge on any atom is -0.508 e. The highest BCUT2D eigenvalue weighted by molar-refractivity contribution is 5.28. The monoisotopic (exact) mass is 263 g/mol. The number of hydrogen-bond acceptors (Lipinski definition) is 3. The lowest BCUT2D eigenvalue weighted by molar-refractivity contribution is -0.0227. The summed E-state index contributed by atoms with van der Waals surface area (Å²) >= 11 is 0. The third kappa shape index (κ3) is 3.71. The molecule has 0 radical (unpaired) electrons. The second-order valence-corrected chi connectivity index (χ2v) is 6.06. The fourth-order valence-electron chi connectivity index (χ4n) is 3.07. The van der Waals surface area contributed by atoms with Crippen LogP contribution in [0.4, 0.5) is 0 Å². The molecule has 1 aliphatic carbocycles. The van der Waals surface area contributed by atoms with Crippen LogP contribution in [0.3, 0.4) is 0 Å². The van der Waals surface area contributed by atoms with Crippen LogP contribution in [0.15, 0.2) is 24.3 Å². The second-order valence-electron chi connectivity index (χ2n) is 6.06. The molecule has 1 fully saturated rings. The van der Waals surface area contributed by atoms with Crippen molar-refractivity contribution in [1.82, 2.24) is 4.90 Å². The normalized spacial score (nSPS) is 20.4. The first-order valence-electron chi connectivity index (χ1n) is 7.18. The van der Waals surface area contributed by atoms with Gasteiger partial charge in [0, 0.05) is 6.04 Å². The Morgan fingerprint density at radius 2 is 1.68 bits per heavy atom. The first-order chi connectivity index (χ1) is 9.00. The molecule has 1 saturated carbocycles. The third-order valence-corrected chi connectivity index (χ3v) is 4.26. The molecule has 1 atom stereocenters. The summed E-state index contributed by atoms with van der Waals surface area (Å²) in [6, 6.07) is 7.54. The lowest BCUT2D eigenvalue weighted by atomic mass is 9.79. The highest BCUT2D eigenvalue weighted by atomic mass is 16.3. The zero-order chi connectivity index (χ0) is 13.9. The van der Waals surface area contributed by atoms with Crippen molar-refractivity contribution in [2.24, 2.45) is 0 Å². The molecule has 0 aliphatic heterocycles. The van der Waals surface area contributed by atoms with Crippen LogP contribution in [-0.4, -0.2) is 34.8 Å². The number of phenols is 1. The van der Waals surface area contributed by atoms with Gasteiger partial charge in [-0.15, -0.1) is 0 Å². The van der Waals surface area contributed by atoms with Crippen LogP contribution in [-0.2, 0) is 0 Å². The minimum absolute atomic E-state index is 0.198. The maximum atomic E-state index is 10.7. The van der Waals surface area contributed by atoms with Crippen LogP contribution in [0.2, 0.25) is 0 Å². The molecule has 3 nitrogen and oxygen atoms in total. The van der Waals surface area contributed by atoms with Crippen LogP contribution >= 0.6 is 0 Å². The molecule has 1 aromatic carbocycles. The van der Waals surface area contributed by atoms with Gasteiger partial charge in [-0.05, 0) is 51.1 Å². The smallest absolute Gasteiger partial charge is 0.115 e. The van der Waals surface area contributed by atoms with Crippen molar-refractivity contribution in [3.05, 3.63) is 29.8 Å². The van der Waals surface area contributed by atoms with E-state index in [1.54, 1.807) is 12.1 Å². The van der Waals surface area contributed by atoms with E-state index in [1.165, 1.54) is 6.42 Å². The Morgan fingerprint density at radius 3 is 2.21 bits per heavy atom. The number of rotatable bonds is 4. The summed E-state index contributed by atoms with van der Waals surface area (Å²) in [5.41, 5.74) is 0.632. The van der Waals surface area contributed by atoms with Gasteiger partial charge in [0.2, 0.25) is 0 Å². The van der Waals surface area contributed by atoms with Crippen LogP contribution in [0, 0.1) is 0 Å². The van der Waals surface area contributed by atoms with E-state index >= 15 is 0 Å². The molecule has 0 bridgehead atoms. The van der Waals surface area contributed by atoms with Crippen LogP contribution in [0.25, 0.3) is 0 Å². The molecular weight excluding hydrogens is 238 g/mol. The summed E-state index contributed by atoms with van der Waals surface area (Å²) in [7, 11) is 4.09. The molecule has 2 N–H and O–H groups in total. The zero-order valence-corrected chi connectivity index (χ0v) is 12.0. The first-order valence-corrected chi connectivity index (χ1v) is 7.18. The molecule has 1 aliphatic rings. The van der Waals surface area contributed by atoms with Gasteiger partial charge in [-0.3, -0.25) is 0 Å². The van der Waals surface area contributed by atoms with Crippen molar-refractivity contribution in [3.63, 3.8) is 0 Å². The minimum atomic E-state index is -0.523. The maximum Gasteiger partial charge on any atom is 0.115 e. The molecule has 0 heterocycles. The van der Waals surface area contributed by atoms with E-state index in [4.69, 9.17) is 0 Å². The Balaban J connectivity index is 2.14. The average Bonchev–Trinajstić information content (AvgIpc) is 2.38. The van der Waals surface area contributed by atoms with Gasteiger partial charge in [0.1, 0.15) is 5.75 Å². The molecule has 3 heteroatoms. The number of benzene rings is 1. The summed E-state index contributed by atoms with van der Waals surface area (Å²) < 4.78 is 0. The van der Waals surface area contributed by atoms with Crippen molar-refractivity contribution in [2.45, 2.75) is 50.2 Å². The predicted molar refractivity (Wildman–Crippen MR) is 77.2 cm³/mol. The van der Waals surface area contributed by atoms with Gasteiger partial charge in [-0.1, -0.05) is 31.4 Å². The fourth-order valence-corrected chi connectivity index (χ4v) is 3.07. The van der Waals surface area contributed by atoms with E-state index in [0.29, 0.717) is 0 Å². The lowest BCUT2D eigenvalue weighted by Crippen LogP contribution is -2.36. The Morgan fingerprint density at radius 1 is 1.11 bits per heavy atom. The standard InChI is InChI=1S/C16H25NO2/c1-17(2)15(13-6-8-14(18)9-7-13)12-16(19)10-4-3-5-11-16/h6-9,15,18-19H,3-5,10-12H2,1-2H3/t15-/m1/s1. The molecule has 2 rings (SSSR count). The van der Waals surface area contributed by atoms with E-state index in [9.17, 15) is 10.2 Å². The second kappa shape index (κ2) is 5.93.